The van der Waals surface area contributed by atoms with E-state index in [1.54, 1.807) is 24.3 Å². The van der Waals surface area contributed by atoms with Crippen molar-refractivity contribution < 1.29 is 14.0 Å². The molecule has 9 heteroatoms. The first kappa shape index (κ1) is 24.6. The molecule has 0 aliphatic heterocycles. The summed E-state index contributed by atoms with van der Waals surface area (Å²) in [5.41, 5.74) is 2.37. The van der Waals surface area contributed by atoms with Crippen molar-refractivity contribution in [1.29, 1.82) is 0 Å². The quantitative estimate of drug-likeness (QED) is 0.319. The minimum atomic E-state index is -1.32. The van der Waals surface area contributed by atoms with Crippen molar-refractivity contribution in [2.45, 2.75) is 10.3 Å². The van der Waals surface area contributed by atoms with Crippen LogP contribution >= 0.6 is 46.4 Å². The lowest BCUT2D eigenvalue weighted by Crippen LogP contribution is -2.18. The standard InChI is InChI=1S/C25H17Cl4FN2O2/c1-2-13-9-14(11-15(26)10-13)21-22(25(21,28)29)24(34)32-18-7-8-20(27)19(12-18)23(33)31-17-5-3-16(30)4-6-17/h2-12,21-22H,1H2,(H,31,33)(H,32,34). The summed E-state index contributed by atoms with van der Waals surface area (Å²) in [6, 6.07) is 15.1. The number of halogens is 5. The number of rotatable bonds is 6. The van der Waals surface area contributed by atoms with Crippen LogP contribution in [0.15, 0.2) is 67.2 Å². The second-order valence-electron chi connectivity index (χ2n) is 7.80. The molecular weight excluding hydrogens is 521 g/mol. The molecule has 2 atom stereocenters. The van der Waals surface area contributed by atoms with Gasteiger partial charge in [0.25, 0.3) is 5.91 Å². The van der Waals surface area contributed by atoms with Crippen molar-refractivity contribution in [3.05, 3.63) is 99.8 Å². The summed E-state index contributed by atoms with van der Waals surface area (Å²) in [4.78, 5) is 25.7. The molecule has 1 aliphatic carbocycles. The fourth-order valence-electron chi connectivity index (χ4n) is 3.73. The largest absolute Gasteiger partial charge is 0.326 e. The zero-order valence-electron chi connectivity index (χ0n) is 17.4. The first-order valence-electron chi connectivity index (χ1n) is 10.1. The molecule has 1 aliphatic rings. The van der Waals surface area contributed by atoms with Crippen LogP contribution in [0, 0.1) is 11.7 Å². The maximum atomic E-state index is 13.1. The van der Waals surface area contributed by atoms with Gasteiger partial charge in [-0.1, -0.05) is 41.9 Å². The fraction of sp³-hybridized carbons (Fsp3) is 0.120. The number of benzene rings is 3. The Bertz CT molecular complexity index is 1290. The van der Waals surface area contributed by atoms with Gasteiger partial charge in [-0.2, -0.15) is 0 Å². The van der Waals surface area contributed by atoms with Crippen LogP contribution in [0.5, 0.6) is 0 Å². The number of carbonyl (C=O) groups excluding carboxylic acids is 2. The summed E-state index contributed by atoms with van der Waals surface area (Å²) in [6.07, 6.45) is 1.64. The highest BCUT2D eigenvalue weighted by molar-refractivity contribution is 6.53. The molecule has 2 amide bonds. The van der Waals surface area contributed by atoms with E-state index in [0.717, 1.165) is 11.1 Å². The zero-order chi connectivity index (χ0) is 24.6. The zero-order valence-corrected chi connectivity index (χ0v) is 20.4. The van der Waals surface area contributed by atoms with Crippen LogP contribution in [0.25, 0.3) is 6.08 Å². The topological polar surface area (TPSA) is 58.2 Å². The van der Waals surface area contributed by atoms with Crippen LogP contribution in [0.2, 0.25) is 10.0 Å². The van der Waals surface area contributed by atoms with E-state index >= 15 is 0 Å². The van der Waals surface area contributed by atoms with Crippen LogP contribution < -0.4 is 10.6 Å². The summed E-state index contributed by atoms with van der Waals surface area (Å²) < 4.78 is 11.8. The Morgan fingerprint density at radius 3 is 2.29 bits per heavy atom. The lowest BCUT2D eigenvalue weighted by atomic mass is 10.1. The summed E-state index contributed by atoms with van der Waals surface area (Å²) in [7, 11) is 0. The number of hydrogen-bond donors (Lipinski definition) is 2. The van der Waals surface area contributed by atoms with Crippen molar-refractivity contribution in [2.75, 3.05) is 10.6 Å². The molecule has 3 aromatic rings. The van der Waals surface area contributed by atoms with E-state index in [9.17, 15) is 14.0 Å². The lowest BCUT2D eigenvalue weighted by Gasteiger charge is -2.10. The SMILES string of the molecule is C=Cc1cc(Cl)cc(C2C(C(=O)Nc3ccc(Cl)c(C(=O)Nc4ccc(F)cc4)c3)C2(Cl)Cl)c1. The van der Waals surface area contributed by atoms with Gasteiger partial charge in [-0.25, -0.2) is 4.39 Å². The van der Waals surface area contributed by atoms with Crippen molar-refractivity contribution in [1.82, 2.24) is 0 Å². The maximum Gasteiger partial charge on any atom is 0.257 e. The number of nitrogens with one attached hydrogen (secondary N) is 2. The van der Waals surface area contributed by atoms with E-state index in [1.807, 2.05) is 6.07 Å². The smallest absolute Gasteiger partial charge is 0.257 e. The average molecular weight is 538 g/mol. The Balaban J connectivity index is 1.51. The molecule has 3 aromatic carbocycles. The Kier molecular flexibility index (Phi) is 6.92. The predicted molar refractivity (Wildman–Crippen MR) is 137 cm³/mol. The van der Waals surface area contributed by atoms with E-state index in [1.165, 1.54) is 36.4 Å². The molecule has 0 aromatic heterocycles. The van der Waals surface area contributed by atoms with E-state index < -0.39 is 33.8 Å². The van der Waals surface area contributed by atoms with Gasteiger partial charge in [-0.15, -0.1) is 23.2 Å². The third-order valence-electron chi connectivity index (χ3n) is 5.45. The minimum absolute atomic E-state index is 0.129. The molecule has 1 saturated carbocycles. The summed E-state index contributed by atoms with van der Waals surface area (Å²) in [5.74, 6) is -2.56. The number of amides is 2. The fourth-order valence-corrected chi connectivity index (χ4v) is 5.01. The van der Waals surface area contributed by atoms with E-state index in [4.69, 9.17) is 46.4 Å². The third-order valence-corrected chi connectivity index (χ3v) is 6.94. The highest BCUT2D eigenvalue weighted by Crippen LogP contribution is 2.65. The summed E-state index contributed by atoms with van der Waals surface area (Å²) >= 11 is 25.3. The summed E-state index contributed by atoms with van der Waals surface area (Å²) in [5, 5.41) is 6.05. The monoisotopic (exact) mass is 536 g/mol. The first-order valence-corrected chi connectivity index (χ1v) is 11.6. The Labute approximate surface area is 215 Å². The molecule has 1 fully saturated rings. The number of carbonyl (C=O) groups is 2. The van der Waals surface area contributed by atoms with Gasteiger partial charge in [0.15, 0.2) is 0 Å². The van der Waals surface area contributed by atoms with Gasteiger partial charge >= 0.3 is 0 Å². The molecule has 174 valence electrons. The van der Waals surface area contributed by atoms with Crippen molar-refractivity contribution in [3.63, 3.8) is 0 Å². The average Bonchev–Trinajstić information content (AvgIpc) is 3.38. The molecule has 2 N–H and O–H groups in total. The molecule has 34 heavy (non-hydrogen) atoms. The van der Waals surface area contributed by atoms with Gasteiger partial charge in [0, 0.05) is 22.3 Å². The molecule has 2 unspecified atom stereocenters. The summed E-state index contributed by atoms with van der Waals surface area (Å²) in [6.45, 7) is 3.73. The maximum absolute atomic E-state index is 13.1. The number of anilines is 2. The van der Waals surface area contributed by atoms with Crippen LogP contribution in [-0.2, 0) is 4.79 Å². The number of alkyl halides is 2. The molecular formula is C25H17Cl4FN2O2. The van der Waals surface area contributed by atoms with Crippen molar-refractivity contribution >= 4 is 75.7 Å². The second-order valence-corrected chi connectivity index (χ2v) is 10.1. The lowest BCUT2D eigenvalue weighted by molar-refractivity contribution is -0.117. The van der Waals surface area contributed by atoms with Gasteiger partial charge in [0.1, 0.15) is 10.2 Å². The van der Waals surface area contributed by atoms with E-state index in [-0.39, 0.29) is 10.6 Å². The minimum Gasteiger partial charge on any atom is -0.326 e. The van der Waals surface area contributed by atoms with Crippen LogP contribution in [-0.4, -0.2) is 16.1 Å². The second kappa shape index (κ2) is 9.59. The van der Waals surface area contributed by atoms with Gasteiger partial charge < -0.3 is 10.6 Å². The molecule has 0 saturated heterocycles. The molecule has 0 radical (unpaired) electrons. The van der Waals surface area contributed by atoms with Crippen LogP contribution in [0.3, 0.4) is 0 Å². The highest BCUT2D eigenvalue weighted by Gasteiger charge is 2.67. The first-order chi connectivity index (χ1) is 16.1. The van der Waals surface area contributed by atoms with Crippen molar-refractivity contribution in [2.24, 2.45) is 5.92 Å². The molecule has 0 spiro atoms. The molecule has 0 bridgehead atoms. The number of hydrogen-bond acceptors (Lipinski definition) is 2. The Morgan fingerprint density at radius 1 is 0.941 bits per heavy atom. The highest BCUT2D eigenvalue weighted by atomic mass is 35.5. The van der Waals surface area contributed by atoms with Gasteiger partial charge in [-0.3, -0.25) is 9.59 Å². The van der Waals surface area contributed by atoms with Crippen LogP contribution in [0.1, 0.15) is 27.4 Å². The molecule has 4 rings (SSSR count). The van der Waals surface area contributed by atoms with Gasteiger partial charge in [0.2, 0.25) is 5.91 Å². The molecule has 4 nitrogen and oxygen atoms in total. The van der Waals surface area contributed by atoms with Crippen LogP contribution in [0.4, 0.5) is 15.8 Å². The Hall–Kier alpha value is -2.57. The van der Waals surface area contributed by atoms with E-state index in [2.05, 4.69) is 17.2 Å². The van der Waals surface area contributed by atoms with Gasteiger partial charge in [0.05, 0.1) is 16.5 Å². The third kappa shape index (κ3) is 5.08. The van der Waals surface area contributed by atoms with Gasteiger partial charge in [-0.05, 0) is 65.7 Å². The van der Waals surface area contributed by atoms with E-state index in [0.29, 0.717) is 16.4 Å². The normalized spacial score (nSPS) is 18.1. The molecule has 0 heterocycles. The Morgan fingerprint density at radius 2 is 1.62 bits per heavy atom. The van der Waals surface area contributed by atoms with Crippen molar-refractivity contribution in [3.8, 4) is 0 Å². The predicted octanol–water partition coefficient (Wildman–Crippen LogP) is 7.55.